The Kier molecular flexibility index (Phi) is 4.72. The van der Waals surface area contributed by atoms with Crippen molar-refractivity contribution in [2.45, 2.75) is 32.1 Å². The van der Waals surface area contributed by atoms with E-state index in [0.29, 0.717) is 24.7 Å². The molecule has 0 heterocycles. The second kappa shape index (κ2) is 6.50. The zero-order valence-electron chi connectivity index (χ0n) is 11.3. The van der Waals surface area contributed by atoms with Crippen LogP contribution in [0.3, 0.4) is 0 Å². The third kappa shape index (κ3) is 3.66. The molecule has 1 aromatic carbocycles. The van der Waals surface area contributed by atoms with Crippen molar-refractivity contribution in [2.75, 3.05) is 7.11 Å². The predicted octanol–water partition coefficient (Wildman–Crippen LogP) is 3.24. The van der Waals surface area contributed by atoms with Crippen LogP contribution in [-0.4, -0.2) is 18.9 Å². The van der Waals surface area contributed by atoms with Gasteiger partial charge in [0, 0.05) is 18.4 Å². The first-order chi connectivity index (χ1) is 9.20. The Bertz CT molecular complexity index is 439. The van der Waals surface area contributed by atoms with Crippen LogP contribution in [0.15, 0.2) is 30.3 Å². The van der Waals surface area contributed by atoms with Crippen molar-refractivity contribution in [3.05, 3.63) is 35.9 Å². The Balaban J connectivity index is 1.94. The van der Waals surface area contributed by atoms with Crippen LogP contribution in [0.2, 0.25) is 0 Å². The predicted molar refractivity (Wildman–Crippen MR) is 72.9 cm³/mol. The number of esters is 1. The van der Waals surface area contributed by atoms with Crippen molar-refractivity contribution in [3.63, 3.8) is 0 Å². The molecule has 0 radical (unpaired) electrons. The third-order valence-corrected chi connectivity index (χ3v) is 4.02. The minimum absolute atomic E-state index is 0.163. The molecule has 0 unspecified atom stereocenters. The highest BCUT2D eigenvalue weighted by Gasteiger charge is 2.31. The molecule has 1 aromatic rings. The van der Waals surface area contributed by atoms with Crippen molar-refractivity contribution >= 4 is 11.8 Å². The summed E-state index contributed by atoms with van der Waals surface area (Å²) in [7, 11) is 1.42. The first kappa shape index (κ1) is 13.8. The van der Waals surface area contributed by atoms with Gasteiger partial charge in [-0.25, -0.2) is 0 Å². The molecule has 1 saturated carbocycles. The van der Waals surface area contributed by atoms with Crippen LogP contribution in [0, 0.1) is 11.8 Å². The van der Waals surface area contributed by atoms with Crippen molar-refractivity contribution in [3.8, 4) is 0 Å². The molecular weight excluding hydrogens is 240 g/mol. The van der Waals surface area contributed by atoms with Gasteiger partial charge in [0.2, 0.25) is 0 Å². The monoisotopic (exact) mass is 260 g/mol. The normalized spacial score (nSPS) is 22.2. The number of Topliss-reactive ketones (excluding diaryl/α,β-unsaturated/α-hetero) is 1. The summed E-state index contributed by atoms with van der Waals surface area (Å²) in [6, 6.07) is 9.38. The molecule has 2 rings (SSSR count). The zero-order valence-corrected chi connectivity index (χ0v) is 11.3. The lowest BCUT2D eigenvalue weighted by Crippen LogP contribution is -2.17. The molecule has 0 aliphatic heterocycles. The van der Waals surface area contributed by atoms with Gasteiger partial charge in [0.15, 0.2) is 5.78 Å². The van der Waals surface area contributed by atoms with Crippen molar-refractivity contribution in [2.24, 2.45) is 11.8 Å². The Morgan fingerprint density at radius 2 is 1.74 bits per heavy atom. The molecule has 0 saturated heterocycles. The largest absolute Gasteiger partial charge is 0.469 e. The molecule has 3 heteroatoms. The van der Waals surface area contributed by atoms with Crippen LogP contribution in [0.25, 0.3) is 0 Å². The smallest absolute Gasteiger partial charge is 0.305 e. The molecule has 19 heavy (non-hydrogen) atoms. The lowest BCUT2D eigenvalue weighted by Gasteiger charge is -2.17. The van der Waals surface area contributed by atoms with Gasteiger partial charge < -0.3 is 4.74 Å². The maximum absolute atomic E-state index is 12.2. The van der Waals surface area contributed by atoms with Gasteiger partial charge in [0.25, 0.3) is 0 Å². The summed E-state index contributed by atoms with van der Waals surface area (Å²) in [5.41, 5.74) is 0.770. The molecule has 3 nitrogen and oxygen atoms in total. The highest BCUT2D eigenvalue weighted by molar-refractivity contribution is 5.96. The van der Waals surface area contributed by atoms with E-state index in [4.69, 9.17) is 4.74 Å². The fourth-order valence-electron chi connectivity index (χ4n) is 2.93. The van der Waals surface area contributed by atoms with E-state index in [0.717, 1.165) is 24.8 Å². The van der Waals surface area contributed by atoms with E-state index in [9.17, 15) is 9.59 Å². The number of ketones is 1. The number of rotatable bonds is 5. The van der Waals surface area contributed by atoms with Gasteiger partial charge in [-0.15, -0.1) is 0 Å². The van der Waals surface area contributed by atoms with E-state index in [1.54, 1.807) is 0 Å². The fraction of sp³-hybridized carbons (Fsp3) is 0.500. The summed E-state index contributed by atoms with van der Waals surface area (Å²) in [5, 5.41) is 0. The van der Waals surface area contributed by atoms with E-state index >= 15 is 0 Å². The molecule has 1 aliphatic carbocycles. The molecule has 0 aromatic heterocycles. The second-order valence-corrected chi connectivity index (χ2v) is 5.22. The van der Waals surface area contributed by atoms with Gasteiger partial charge >= 0.3 is 5.97 Å². The Hall–Kier alpha value is -1.64. The van der Waals surface area contributed by atoms with Gasteiger partial charge in [-0.3, -0.25) is 9.59 Å². The molecule has 0 spiro atoms. The maximum Gasteiger partial charge on any atom is 0.305 e. The fourth-order valence-corrected chi connectivity index (χ4v) is 2.93. The van der Waals surface area contributed by atoms with Crippen LogP contribution in [0.5, 0.6) is 0 Å². The van der Waals surface area contributed by atoms with Gasteiger partial charge in [-0.05, 0) is 24.7 Å². The lowest BCUT2D eigenvalue weighted by molar-refractivity contribution is -0.142. The number of methoxy groups -OCH3 is 1. The Labute approximate surface area is 114 Å². The van der Waals surface area contributed by atoms with Crippen LogP contribution >= 0.6 is 0 Å². The SMILES string of the molecule is COC(=O)C[C@H]1CCC[C@@H]1CC(=O)c1ccccc1. The molecule has 0 N–H and O–H groups in total. The standard InChI is InChI=1S/C16H20O3/c1-19-16(18)11-14-9-5-8-13(14)10-15(17)12-6-3-2-4-7-12/h2-4,6-7,13-14H,5,8-11H2,1H3/t13-,14-/m1/s1. The first-order valence-corrected chi connectivity index (χ1v) is 6.85. The average Bonchev–Trinajstić information content (AvgIpc) is 2.86. The van der Waals surface area contributed by atoms with Crippen LogP contribution in [0.4, 0.5) is 0 Å². The van der Waals surface area contributed by atoms with Crippen LogP contribution in [0.1, 0.15) is 42.5 Å². The van der Waals surface area contributed by atoms with E-state index in [1.165, 1.54) is 7.11 Å². The van der Waals surface area contributed by atoms with Crippen molar-refractivity contribution in [1.29, 1.82) is 0 Å². The Morgan fingerprint density at radius 3 is 2.37 bits per heavy atom. The van der Waals surface area contributed by atoms with E-state index < -0.39 is 0 Å². The highest BCUT2D eigenvalue weighted by atomic mass is 16.5. The topological polar surface area (TPSA) is 43.4 Å². The molecule has 0 amide bonds. The highest BCUT2D eigenvalue weighted by Crippen LogP contribution is 2.37. The van der Waals surface area contributed by atoms with E-state index in [-0.39, 0.29) is 11.8 Å². The molecular formula is C16H20O3. The summed E-state index contributed by atoms with van der Waals surface area (Å²) in [6.45, 7) is 0. The van der Waals surface area contributed by atoms with E-state index in [1.807, 2.05) is 30.3 Å². The molecule has 1 fully saturated rings. The van der Waals surface area contributed by atoms with Gasteiger partial charge in [0.05, 0.1) is 7.11 Å². The first-order valence-electron chi connectivity index (χ1n) is 6.85. The number of hydrogen-bond donors (Lipinski definition) is 0. The number of ether oxygens (including phenoxy) is 1. The summed E-state index contributed by atoms with van der Waals surface area (Å²) in [5.74, 6) is 0.651. The molecule has 2 atom stereocenters. The quantitative estimate of drug-likeness (QED) is 0.603. The number of hydrogen-bond acceptors (Lipinski definition) is 3. The third-order valence-electron chi connectivity index (χ3n) is 4.02. The second-order valence-electron chi connectivity index (χ2n) is 5.22. The van der Waals surface area contributed by atoms with Gasteiger partial charge in [-0.1, -0.05) is 36.8 Å². The number of carbonyl (C=O) groups excluding carboxylic acids is 2. The minimum atomic E-state index is -0.163. The number of carbonyl (C=O) groups is 2. The average molecular weight is 260 g/mol. The summed E-state index contributed by atoms with van der Waals surface area (Å²) in [4.78, 5) is 23.5. The summed E-state index contributed by atoms with van der Waals surface area (Å²) >= 11 is 0. The maximum atomic E-state index is 12.2. The van der Waals surface area contributed by atoms with Crippen LogP contribution in [-0.2, 0) is 9.53 Å². The molecule has 102 valence electrons. The summed E-state index contributed by atoms with van der Waals surface area (Å²) in [6.07, 6.45) is 4.17. The van der Waals surface area contributed by atoms with Crippen molar-refractivity contribution < 1.29 is 14.3 Å². The van der Waals surface area contributed by atoms with Crippen LogP contribution < -0.4 is 0 Å². The molecule has 0 bridgehead atoms. The number of benzene rings is 1. The van der Waals surface area contributed by atoms with E-state index in [2.05, 4.69) is 0 Å². The molecule has 1 aliphatic rings. The van der Waals surface area contributed by atoms with Crippen molar-refractivity contribution in [1.82, 2.24) is 0 Å². The lowest BCUT2D eigenvalue weighted by atomic mass is 9.87. The Morgan fingerprint density at radius 1 is 1.11 bits per heavy atom. The zero-order chi connectivity index (χ0) is 13.7. The minimum Gasteiger partial charge on any atom is -0.469 e. The van der Waals surface area contributed by atoms with Gasteiger partial charge in [0.1, 0.15) is 0 Å². The summed E-state index contributed by atoms with van der Waals surface area (Å²) < 4.78 is 4.73. The van der Waals surface area contributed by atoms with Gasteiger partial charge in [-0.2, -0.15) is 0 Å².